The highest BCUT2D eigenvalue weighted by Gasteiger charge is 2.58. The van der Waals surface area contributed by atoms with Crippen LogP contribution >= 0.6 is 0 Å². The molecule has 4 N–H and O–H groups in total. The molecule has 4 rings (SSSR count). The van der Waals surface area contributed by atoms with Crippen LogP contribution in [0.4, 0.5) is 5.69 Å². The van der Waals surface area contributed by atoms with E-state index in [-0.39, 0.29) is 5.54 Å². The summed E-state index contributed by atoms with van der Waals surface area (Å²) in [6.07, 6.45) is 4.60. The lowest BCUT2D eigenvalue weighted by Gasteiger charge is -2.62. The second-order valence-corrected chi connectivity index (χ2v) is 15.2. The summed E-state index contributed by atoms with van der Waals surface area (Å²) in [7, 11) is -0.908. The van der Waals surface area contributed by atoms with Gasteiger partial charge in [0.15, 0.2) is 0 Å². The highest BCUT2D eigenvalue weighted by atomic mass is 28.3. The maximum atomic E-state index is 6.77. The van der Waals surface area contributed by atoms with Gasteiger partial charge in [-0.05, 0) is 73.4 Å². The molecule has 3 aliphatic rings. The van der Waals surface area contributed by atoms with Crippen molar-refractivity contribution in [2.45, 2.75) is 69.4 Å². The maximum Gasteiger partial charge on any atom is 0.0508 e. The molecule has 1 saturated heterocycles. The van der Waals surface area contributed by atoms with Gasteiger partial charge in [0.25, 0.3) is 0 Å². The zero-order chi connectivity index (χ0) is 17.2. The lowest BCUT2D eigenvalue weighted by Crippen LogP contribution is -2.63. The summed E-state index contributed by atoms with van der Waals surface area (Å²) in [5, 5.41) is 0. The topological polar surface area (TPSA) is 55.3 Å². The van der Waals surface area contributed by atoms with E-state index in [0.29, 0.717) is 11.5 Å². The molecular formula is C20H33N3Si. The molecule has 4 heteroatoms. The lowest BCUT2D eigenvalue weighted by molar-refractivity contribution is -0.0592. The predicted octanol–water partition coefficient (Wildman–Crippen LogP) is 3.58. The molecule has 0 unspecified atom stereocenters. The van der Waals surface area contributed by atoms with Gasteiger partial charge in [0, 0.05) is 30.4 Å². The summed E-state index contributed by atoms with van der Waals surface area (Å²) in [6, 6.07) is 10.3. The average molecular weight is 344 g/mol. The molecule has 0 aromatic heterocycles. The van der Waals surface area contributed by atoms with Gasteiger partial charge in [0.2, 0.25) is 0 Å². The number of rotatable bonds is 2. The van der Waals surface area contributed by atoms with Gasteiger partial charge < -0.3 is 16.4 Å². The molecule has 3 fully saturated rings. The molecule has 0 atom stereocenters. The van der Waals surface area contributed by atoms with Crippen LogP contribution in [0.1, 0.15) is 36.8 Å². The summed E-state index contributed by atoms with van der Waals surface area (Å²) in [4.78, 5) is 2.57. The van der Waals surface area contributed by atoms with Crippen molar-refractivity contribution in [2.75, 3.05) is 18.0 Å². The lowest BCUT2D eigenvalue weighted by atomic mass is 9.46. The normalized spacial score (nSPS) is 37.9. The van der Waals surface area contributed by atoms with Crippen molar-refractivity contribution >= 4 is 13.8 Å². The minimum atomic E-state index is -0.908. The molecule has 132 valence electrons. The number of hydrogen-bond donors (Lipinski definition) is 2. The molecule has 3 nitrogen and oxygen atoms in total. The van der Waals surface area contributed by atoms with Crippen LogP contribution in [0, 0.1) is 12.3 Å². The van der Waals surface area contributed by atoms with Crippen LogP contribution in [-0.4, -0.2) is 27.2 Å². The molecule has 1 aromatic rings. The van der Waals surface area contributed by atoms with Crippen LogP contribution in [0.15, 0.2) is 18.2 Å². The van der Waals surface area contributed by atoms with Crippen molar-refractivity contribution in [3.63, 3.8) is 0 Å². The smallest absolute Gasteiger partial charge is 0.0508 e. The van der Waals surface area contributed by atoms with E-state index in [2.05, 4.69) is 43.1 Å². The Kier molecular flexibility index (Phi) is 3.69. The molecule has 24 heavy (non-hydrogen) atoms. The van der Waals surface area contributed by atoms with Crippen LogP contribution in [0.5, 0.6) is 0 Å². The monoisotopic (exact) mass is 343 g/mol. The zero-order valence-corrected chi connectivity index (χ0v) is 16.6. The van der Waals surface area contributed by atoms with Crippen LogP contribution in [0.2, 0.25) is 25.2 Å². The van der Waals surface area contributed by atoms with Gasteiger partial charge in [-0.3, -0.25) is 0 Å². The third-order valence-corrected chi connectivity index (χ3v) is 10.2. The molecule has 2 saturated carbocycles. The van der Waals surface area contributed by atoms with Gasteiger partial charge in [-0.15, -0.1) is 0 Å². The zero-order valence-electron chi connectivity index (χ0n) is 15.6. The fraction of sp³-hybridized carbons (Fsp3) is 0.700. The van der Waals surface area contributed by atoms with Crippen LogP contribution in [0.25, 0.3) is 0 Å². The van der Waals surface area contributed by atoms with Crippen LogP contribution < -0.4 is 16.4 Å². The Morgan fingerprint density at radius 1 is 1.12 bits per heavy atom. The van der Waals surface area contributed by atoms with E-state index < -0.39 is 8.07 Å². The van der Waals surface area contributed by atoms with E-state index in [1.54, 1.807) is 0 Å². The fourth-order valence-corrected chi connectivity index (χ4v) is 7.59. The standard InChI is InChI=1S/C20H33N3Si/c1-15-10-17(23-6-8-24(2,3)9-7-23)4-5-18(15)20(22)13-19(14-20)11-16(21)12-19/h4-5,10,16H,6-9,11-14,21-22H2,1-3H3. The second-order valence-electron chi connectivity index (χ2n) is 9.83. The first-order valence-corrected chi connectivity index (χ1v) is 13.0. The van der Waals surface area contributed by atoms with Crippen molar-refractivity contribution in [1.29, 1.82) is 0 Å². The van der Waals surface area contributed by atoms with E-state index in [4.69, 9.17) is 11.5 Å². The SMILES string of the molecule is Cc1cc(N2CC[Si](C)(C)CC2)ccc1C1(N)CC2(CC(N)C2)C1. The first-order valence-electron chi connectivity index (χ1n) is 9.61. The molecule has 1 spiro atoms. The quantitative estimate of drug-likeness (QED) is 0.807. The Morgan fingerprint density at radius 2 is 1.75 bits per heavy atom. The Hall–Kier alpha value is -0.843. The van der Waals surface area contributed by atoms with Crippen molar-refractivity contribution in [1.82, 2.24) is 0 Å². The molecule has 1 aliphatic heterocycles. The Labute approximate surface area is 147 Å². The third-order valence-electron chi connectivity index (χ3n) is 7.00. The maximum absolute atomic E-state index is 6.77. The molecule has 0 radical (unpaired) electrons. The number of anilines is 1. The Balaban J connectivity index is 1.47. The number of nitrogens with zero attached hydrogens (tertiary/aromatic N) is 1. The van der Waals surface area contributed by atoms with E-state index in [0.717, 1.165) is 12.8 Å². The number of aryl methyl sites for hydroxylation is 1. The van der Waals surface area contributed by atoms with Gasteiger partial charge in [-0.2, -0.15) is 0 Å². The molecular weight excluding hydrogens is 310 g/mol. The van der Waals surface area contributed by atoms with Crippen molar-refractivity contribution in [3.05, 3.63) is 29.3 Å². The summed E-state index contributed by atoms with van der Waals surface area (Å²) >= 11 is 0. The minimum Gasteiger partial charge on any atom is -0.372 e. The highest BCUT2D eigenvalue weighted by molar-refractivity contribution is 6.77. The first-order chi connectivity index (χ1) is 11.2. The number of hydrogen-bond acceptors (Lipinski definition) is 3. The molecule has 1 heterocycles. The van der Waals surface area contributed by atoms with E-state index >= 15 is 0 Å². The van der Waals surface area contributed by atoms with E-state index in [1.807, 2.05) is 0 Å². The highest BCUT2D eigenvalue weighted by Crippen LogP contribution is 2.62. The molecule has 1 aromatic carbocycles. The summed E-state index contributed by atoms with van der Waals surface area (Å²) in [6.45, 7) is 9.75. The Morgan fingerprint density at radius 3 is 2.29 bits per heavy atom. The van der Waals surface area contributed by atoms with Crippen molar-refractivity contribution < 1.29 is 0 Å². The predicted molar refractivity (Wildman–Crippen MR) is 105 cm³/mol. The summed E-state index contributed by atoms with van der Waals surface area (Å²) < 4.78 is 0. The molecule has 0 amide bonds. The van der Waals surface area contributed by atoms with Gasteiger partial charge in [-0.25, -0.2) is 0 Å². The average Bonchev–Trinajstić information content (AvgIpc) is 2.43. The Bertz CT molecular complexity index is 630. The minimum absolute atomic E-state index is 0.112. The van der Waals surface area contributed by atoms with E-state index in [9.17, 15) is 0 Å². The third kappa shape index (κ3) is 2.73. The molecule has 2 aliphatic carbocycles. The van der Waals surface area contributed by atoms with Crippen LogP contribution in [-0.2, 0) is 5.54 Å². The first kappa shape index (κ1) is 16.6. The van der Waals surface area contributed by atoms with Gasteiger partial charge in [0.05, 0.1) is 8.07 Å². The van der Waals surface area contributed by atoms with Crippen molar-refractivity contribution in [3.8, 4) is 0 Å². The summed E-state index contributed by atoms with van der Waals surface area (Å²) in [5.74, 6) is 0. The fourth-order valence-electron chi connectivity index (χ4n) is 5.59. The summed E-state index contributed by atoms with van der Waals surface area (Å²) in [5.41, 5.74) is 17.3. The van der Waals surface area contributed by atoms with Crippen molar-refractivity contribution in [2.24, 2.45) is 16.9 Å². The second kappa shape index (κ2) is 5.32. The van der Waals surface area contributed by atoms with Gasteiger partial charge >= 0.3 is 0 Å². The number of nitrogens with two attached hydrogens (primary N) is 2. The van der Waals surface area contributed by atoms with E-state index in [1.165, 1.54) is 54.8 Å². The number of benzene rings is 1. The van der Waals surface area contributed by atoms with Crippen LogP contribution in [0.3, 0.4) is 0 Å². The van der Waals surface area contributed by atoms with Gasteiger partial charge in [-0.1, -0.05) is 19.2 Å². The molecule has 0 bridgehead atoms. The van der Waals surface area contributed by atoms with Gasteiger partial charge in [0.1, 0.15) is 0 Å². The largest absolute Gasteiger partial charge is 0.372 e.